The van der Waals surface area contributed by atoms with Gasteiger partial charge in [-0.2, -0.15) is 0 Å². The topological polar surface area (TPSA) is 131 Å². The van der Waals surface area contributed by atoms with E-state index in [0.717, 1.165) is 54.6 Å². The van der Waals surface area contributed by atoms with Gasteiger partial charge in [-0.25, -0.2) is 9.78 Å². The zero-order valence-electron chi connectivity index (χ0n) is 43.2. The van der Waals surface area contributed by atoms with Crippen molar-refractivity contribution in [3.8, 4) is 5.75 Å². The molecule has 14 heteroatoms. The number of carbonyl (C=O) groups excluding carboxylic acids is 3. The third-order valence-corrected chi connectivity index (χ3v) is 17.5. The summed E-state index contributed by atoms with van der Waals surface area (Å²) in [7, 11) is 1.59. The SMILES string of the molecule is COc1ccc(COC(=O)C2=C(c3csc4ccccc34)CS[C@H]3[C@H](NC(=O)C(=NOC(c4ccccc4)(c4ccccc4)c4ccccc4)c4csc(NC(c5ccccc5)(c5ccccc5)c5ccccc5)n4)C(=O)N23)cc1. The molecule has 11 nitrogen and oxygen atoms in total. The summed E-state index contributed by atoms with van der Waals surface area (Å²) in [5, 5.41) is 16.4. The summed E-state index contributed by atoms with van der Waals surface area (Å²) in [6.45, 7) is -0.0338. The number of aromatic nitrogens is 1. The number of thioether (sulfide) groups is 1. The Bertz CT molecular complexity index is 3690. The van der Waals surface area contributed by atoms with Crippen LogP contribution in [-0.2, 0) is 41.7 Å². The minimum Gasteiger partial charge on any atom is -0.497 e. The van der Waals surface area contributed by atoms with Crippen LogP contribution in [0.5, 0.6) is 5.75 Å². The normalized spacial score (nSPS) is 15.4. The van der Waals surface area contributed by atoms with Gasteiger partial charge in [0, 0.05) is 43.5 Å². The monoisotopic (exact) mass is 1110 g/mol. The van der Waals surface area contributed by atoms with Crippen molar-refractivity contribution in [2.45, 2.75) is 29.2 Å². The van der Waals surface area contributed by atoms with Gasteiger partial charge in [0.25, 0.3) is 11.8 Å². The molecule has 12 rings (SSSR count). The summed E-state index contributed by atoms with van der Waals surface area (Å²) in [4.78, 5) is 58.6. The molecule has 2 amide bonds. The fourth-order valence-corrected chi connectivity index (χ4v) is 13.6. The summed E-state index contributed by atoms with van der Waals surface area (Å²) >= 11 is 4.34. The van der Waals surface area contributed by atoms with Crippen LogP contribution in [0.25, 0.3) is 15.7 Å². The molecule has 0 aliphatic carbocycles. The van der Waals surface area contributed by atoms with Gasteiger partial charge in [-0.1, -0.05) is 217 Å². The highest BCUT2D eigenvalue weighted by molar-refractivity contribution is 8.00. The van der Waals surface area contributed by atoms with Crippen molar-refractivity contribution >= 4 is 78.7 Å². The lowest BCUT2D eigenvalue weighted by Crippen LogP contribution is -2.71. The second-order valence-electron chi connectivity index (χ2n) is 19.1. The number of methoxy groups -OCH3 is 1. The molecule has 0 radical (unpaired) electrons. The number of anilines is 1. The number of nitrogens with zero attached hydrogens (tertiary/aromatic N) is 3. The van der Waals surface area contributed by atoms with Gasteiger partial charge in [-0.05, 0) is 51.4 Å². The average Bonchev–Trinajstić information content (AvgIpc) is 4.31. The molecule has 8 aromatic carbocycles. The number of thiazole rings is 1. The molecule has 2 aromatic heterocycles. The predicted molar refractivity (Wildman–Crippen MR) is 318 cm³/mol. The van der Waals surface area contributed by atoms with Crippen LogP contribution >= 0.6 is 34.4 Å². The first-order valence-electron chi connectivity index (χ1n) is 25.9. The first-order valence-corrected chi connectivity index (χ1v) is 28.8. The summed E-state index contributed by atoms with van der Waals surface area (Å²) in [6, 6.07) is 74.0. The van der Waals surface area contributed by atoms with E-state index < -0.39 is 40.3 Å². The number of oxime groups is 1. The Balaban J connectivity index is 0.940. The molecular formula is C66H51N5O6S3. The molecule has 394 valence electrons. The number of fused-ring (bicyclic) bond motifs is 2. The van der Waals surface area contributed by atoms with E-state index >= 15 is 4.79 Å². The second kappa shape index (κ2) is 22.7. The van der Waals surface area contributed by atoms with E-state index in [-0.39, 0.29) is 23.7 Å². The lowest BCUT2D eigenvalue weighted by Gasteiger charge is -2.49. The van der Waals surface area contributed by atoms with E-state index in [1.54, 1.807) is 36.0 Å². The molecule has 2 atom stereocenters. The number of β-lactam (4-membered cyclic amide) rings is 1. The van der Waals surface area contributed by atoms with Gasteiger partial charge in [0.1, 0.15) is 40.7 Å². The van der Waals surface area contributed by atoms with Crippen molar-refractivity contribution in [2.24, 2.45) is 5.16 Å². The van der Waals surface area contributed by atoms with E-state index in [9.17, 15) is 9.59 Å². The summed E-state index contributed by atoms with van der Waals surface area (Å²) in [5.74, 6) is -0.794. The molecule has 10 aromatic rings. The molecule has 80 heavy (non-hydrogen) atoms. The molecule has 4 heterocycles. The van der Waals surface area contributed by atoms with Crippen LogP contribution in [0.3, 0.4) is 0 Å². The van der Waals surface area contributed by atoms with Gasteiger partial charge >= 0.3 is 5.97 Å². The van der Waals surface area contributed by atoms with Gasteiger partial charge in [-0.3, -0.25) is 14.5 Å². The van der Waals surface area contributed by atoms with Crippen molar-refractivity contribution in [1.82, 2.24) is 15.2 Å². The number of thiophene rings is 1. The number of esters is 1. The largest absolute Gasteiger partial charge is 0.497 e. The van der Waals surface area contributed by atoms with E-state index in [0.29, 0.717) is 22.2 Å². The van der Waals surface area contributed by atoms with E-state index in [4.69, 9.17) is 24.5 Å². The van der Waals surface area contributed by atoms with Crippen molar-refractivity contribution in [1.29, 1.82) is 0 Å². The molecule has 2 N–H and O–H groups in total. The van der Waals surface area contributed by atoms with Crippen LogP contribution in [0.2, 0.25) is 0 Å². The Hall–Kier alpha value is -9.08. The number of rotatable bonds is 18. The molecule has 0 unspecified atom stereocenters. The van der Waals surface area contributed by atoms with Crippen molar-refractivity contribution in [2.75, 3.05) is 18.2 Å². The zero-order valence-corrected chi connectivity index (χ0v) is 45.6. The van der Waals surface area contributed by atoms with Crippen LogP contribution < -0.4 is 15.4 Å². The number of carbonyl (C=O) groups is 3. The zero-order chi connectivity index (χ0) is 54.5. The number of hydrogen-bond acceptors (Lipinski definition) is 12. The highest BCUT2D eigenvalue weighted by Gasteiger charge is 2.55. The number of nitrogens with one attached hydrogen (secondary N) is 2. The molecule has 2 aliphatic rings. The molecule has 1 saturated heterocycles. The predicted octanol–water partition coefficient (Wildman–Crippen LogP) is 13.0. The summed E-state index contributed by atoms with van der Waals surface area (Å²) in [5.41, 5.74) is 5.33. The van der Waals surface area contributed by atoms with Crippen molar-refractivity contribution < 1.29 is 28.7 Å². The molecule has 0 spiro atoms. The van der Waals surface area contributed by atoms with Crippen LogP contribution in [0.1, 0.15) is 50.2 Å². The van der Waals surface area contributed by atoms with E-state index in [2.05, 4.69) is 47.0 Å². The van der Waals surface area contributed by atoms with Gasteiger partial charge in [0.05, 0.1) is 7.11 Å². The molecular weight excluding hydrogens is 1050 g/mol. The highest BCUT2D eigenvalue weighted by atomic mass is 32.2. The Morgan fingerprint density at radius 2 is 1.15 bits per heavy atom. The smallest absolute Gasteiger partial charge is 0.355 e. The maximum atomic E-state index is 15.5. The van der Waals surface area contributed by atoms with Crippen LogP contribution in [0, 0.1) is 0 Å². The Kier molecular flexibility index (Phi) is 14.7. The first kappa shape index (κ1) is 51.7. The number of ether oxygens (including phenoxy) is 2. The van der Waals surface area contributed by atoms with Crippen LogP contribution in [-0.4, -0.2) is 57.7 Å². The minimum atomic E-state index is -1.37. The van der Waals surface area contributed by atoms with E-state index in [1.807, 2.05) is 187 Å². The van der Waals surface area contributed by atoms with E-state index in [1.165, 1.54) is 28.0 Å². The van der Waals surface area contributed by atoms with Gasteiger partial charge in [-0.15, -0.1) is 34.4 Å². The average molecular weight is 1110 g/mol. The maximum absolute atomic E-state index is 15.5. The minimum absolute atomic E-state index is 0.0338. The van der Waals surface area contributed by atoms with Crippen LogP contribution in [0.4, 0.5) is 5.13 Å². The van der Waals surface area contributed by atoms with Gasteiger partial charge in [0.15, 0.2) is 10.8 Å². The number of amides is 2. The Morgan fingerprint density at radius 3 is 1.69 bits per heavy atom. The number of hydrogen-bond donors (Lipinski definition) is 2. The first-order chi connectivity index (χ1) is 39.4. The Morgan fingerprint density at radius 1 is 0.637 bits per heavy atom. The maximum Gasteiger partial charge on any atom is 0.355 e. The van der Waals surface area contributed by atoms with Gasteiger partial charge in [0.2, 0.25) is 5.60 Å². The third kappa shape index (κ3) is 9.71. The van der Waals surface area contributed by atoms with Crippen molar-refractivity contribution in [3.63, 3.8) is 0 Å². The Labute approximate surface area is 475 Å². The number of benzene rings is 8. The highest BCUT2D eigenvalue weighted by Crippen LogP contribution is 2.47. The summed E-state index contributed by atoms with van der Waals surface area (Å²) in [6.07, 6.45) is 0. The van der Waals surface area contributed by atoms with Gasteiger partial charge < -0.3 is 24.9 Å². The molecule has 0 saturated carbocycles. The lowest BCUT2D eigenvalue weighted by molar-refractivity contribution is -0.152. The molecule has 0 bridgehead atoms. The van der Waals surface area contributed by atoms with Crippen molar-refractivity contribution in [3.05, 3.63) is 297 Å². The summed E-state index contributed by atoms with van der Waals surface area (Å²) < 4.78 is 12.4. The fraction of sp³-hybridized carbons (Fsp3) is 0.106. The second-order valence-corrected chi connectivity index (χ2v) is 22.0. The fourth-order valence-electron chi connectivity index (χ4n) is 10.6. The quantitative estimate of drug-likeness (QED) is 0.0283. The lowest BCUT2D eigenvalue weighted by atomic mass is 9.77. The molecule has 1 fully saturated rings. The molecule has 2 aliphatic heterocycles. The van der Waals surface area contributed by atoms with Crippen LogP contribution in [0.15, 0.2) is 252 Å². The third-order valence-electron chi connectivity index (χ3n) is 14.5. The standard InChI is InChI=1S/C66H51N5O6S3/c1-75-51-38-36-44(37-39-51)40-76-63(74)59-54(53-41-78-56-35-21-20-34-52(53)56)42-79-62-58(61(73)71(59)62)68-60(72)57(70-77-66(48-28-14-5-15-29-48,49-30-16-6-17-31-49)50-32-18-7-19-33-50)55-43-80-64(67-55)69-65(45-22-8-2-9-23-45,46-24-10-3-11-25-46)47-26-12-4-13-27-47/h2-39,41,43,58,62H,40,42H2,1H3,(H,67,69)(H,68,72)/t58-,62+/m1/s1.